The number of hydrazine groups is 1. The van der Waals surface area contributed by atoms with Gasteiger partial charge in [-0.15, -0.1) is 0 Å². The lowest BCUT2D eigenvalue weighted by atomic mass is 10.3. The second-order valence-corrected chi connectivity index (χ2v) is 3.78. The molecule has 0 bridgehead atoms. The van der Waals surface area contributed by atoms with Crippen LogP contribution >= 0.6 is 0 Å². The number of alkyl halides is 3. The molecule has 0 spiro atoms. The zero-order valence-corrected chi connectivity index (χ0v) is 9.51. The average Bonchev–Trinajstić information content (AvgIpc) is 2.26. The third-order valence-corrected chi connectivity index (χ3v) is 2.24. The standard InChI is InChI=1S/C9H16F3N3O2/c1-7(8(16)13-6-9(10,11)12)14-15-2-4-17-5-3-15/h7,14H,2-6H2,1H3,(H,13,16). The third kappa shape index (κ3) is 5.85. The molecule has 1 unspecified atom stereocenters. The molecule has 0 aromatic heterocycles. The van der Waals surface area contributed by atoms with Gasteiger partial charge in [0.05, 0.1) is 19.3 Å². The van der Waals surface area contributed by atoms with Crippen molar-refractivity contribution < 1.29 is 22.7 Å². The van der Waals surface area contributed by atoms with E-state index in [1.165, 1.54) is 6.92 Å². The van der Waals surface area contributed by atoms with Crippen LogP contribution in [0.5, 0.6) is 0 Å². The van der Waals surface area contributed by atoms with Crippen molar-refractivity contribution in [2.24, 2.45) is 0 Å². The minimum absolute atomic E-state index is 0.546. The van der Waals surface area contributed by atoms with Gasteiger partial charge in [-0.25, -0.2) is 10.4 Å². The summed E-state index contributed by atoms with van der Waals surface area (Å²) in [6, 6.07) is -0.699. The second kappa shape index (κ2) is 6.18. The molecule has 2 N–H and O–H groups in total. The minimum atomic E-state index is -4.38. The smallest absolute Gasteiger partial charge is 0.379 e. The molecule has 0 aliphatic carbocycles. The van der Waals surface area contributed by atoms with Crippen molar-refractivity contribution in [2.75, 3.05) is 32.8 Å². The van der Waals surface area contributed by atoms with Gasteiger partial charge in [-0.1, -0.05) is 0 Å². The summed E-state index contributed by atoms with van der Waals surface area (Å²) >= 11 is 0. The number of morpholine rings is 1. The van der Waals surface area contributed by atoms with Gasteiger partial charge in [-0.3, -0.25) is 4.79 Å². The Balaban J connectivity index is 2.26. The monoisotopic (exact) mass is 255 g/mol. The zero-order chi connectivity index (χ0) is 12.9. The third-order valence-electron chi connectivity index (χ3n) is 2.24. The Morgan fingerprint density at radius 2 is 2.00 bits per heavy atom. The number of halogens is 3. The van der Waals surface area contributed by atoms with E-state index in [4.69, 9.17) is 4.74 Å². The minimum Gasteiger partial charge on any atom is -0.379 e. The van der Waals surface area contributed by atoms with Gasteiger partial charge in [0.25, 0.3) is 0 Å². The molecule has 1 heterocycles. The lowest BCUT2D eigenvalue weighted by Gasteiger charge is -2.29. The number of rotatable bonds is 4. The van der Waals surface area contributed by atoms with Crippen molar-refractivity contribution in [1.29, 1.82) is 0 Å². The largest absolute Gasteiger partial charge is 0.405 e. The molecule has 1 atom stereocenters. The number of nitrogens with one attached hydrogen (secondary N) is 2. The summed E-state index contributed by atoms with van der Waals surface area (Å²) in [5, 5.41) is 3.59. The first-order valence-electron chi connectivity index (χ1n) is 5.32. The van der Waals surface area contributed by atoms with Crippen LogP contribution in [0, 0.1) is 0 Å². The highest BCUT2D eigenvalue weighted by Crippen LogP contribution is 2.12. The average molecular weight is 255 g/mol. The predicted octanol–water partition coefficient (Wildman–Crippen LogP) is -0.110. The first-order valence-corrected chi connectivity index (χ1v) is 5.32. The van der Waals surface area contributed by atoms with E-state index >= 15 is 0 Å². The van der Waals surface area contributed by atoms with E-state index in [2.05, 4.69) is 5.43 Å². The topological polar surface area (TPSA) is 53.6 Å². The number of nitrogens with zero attached hydrogens (tertiary/aromatic N) is 1. The van der Waals surface area contributed by atoms with Crippen molar-refractivity contribution in [3.05, 3.63) is 0 Å². The van der Waals surface area contributed by atoms with Crippen LogP contribution in [0.4, 0.5) is 13.2 Å². The second-order valence-electron chi connectivity index (χ2n) is 3.78. The highest BCUT2D eigenvalue weighted by molar-refractivity contribution is 5.81. The van der Waals surface area contributed by atoms with Crippen molar-refractivity contribution in [1.82, 2.24) is 15.8 Å². The van der Waals surface area contributed by atoms with E-state index in [-0.39, 0.29) is 0 Å². The van der Waals surface area contributed by atoms with Crippen LogP contribution in [-0.2, 0) is 9.53 Å². The summed E-state index contributed by atoms with van der Waals surface area (Å²) < 4.78 is 40.7. The van der Waals surface area contributed by atoms with Crippen LogP contribution < -0.4 is 10.7 Å². The molecule has 0 radical (unpaired) electrons. The number of hydrogen-bond donors (Lipinski definition) is 2. The van der Waals surface area contributed by atoms with Gasteiger partial charge in [0, 0.05) is 13.1 Å². The molecule has 1 saturated heterocycles. The van der Waals surface area contributed by atoms with Gasteiger partial charge >= 0.3 is 6.18 Å². The number of ether oxygens (including phenoxy) is 1. The van der Waals surface area contributed by atoms with Crippen LogP contribution in [0.3, 0.4) is 0 Å². The van der Waals surface area contributed by atoms with Crippen molar-refractivity contribution in [2.45, 2.75) is 19.1 Å². The fraction of sp³-hybridized carbons (Fsp3) is 0.889. The number of carbonyl (C=O) groups excluding carboxylic acids is 1. The summed E-state index contributed by atoms with van der Waals surface area (Å²) in [4.78, 5) is 11.3. The molecule has 5 nitrogen and oxygen atoms in total. The Labute approximate surface area is 97.3 Å². The lowest BCUT2D eigenvalue weighted by molar-refractivity contribution is -0.140. The molecule has 8 heteroatoms. The summed E-state index contributed by atoms with van der Waals surface area (Å²) in [6.07, 6.45) is -4.38. The van der Waals surface area contributed by atoms with E-state index in [0.29, 0.717) is 26.3 Å². The summed E-state index contributed by atoms with van der Waals surface area (Å²) in [7, 11) is 0. The maximum atomic E-state index is 11.9. The van der Waals surface area contributed by atoms with E-state index in [1.807, 2.05) is 5.32 Å². The molecule has 0 aromatic rings. The first kappa shape index (κ1) is 14.2. The van der Waals surface area contributed by atoms with Crippen molar-refractivity contribution in [3.63, 3.8) is 0 Å². The number of carbonyl (C=O) groups is 1. The number of amides is 1. The molecule has 17 heavy (non-hydrogen) atoms. The quantitative estimate of drug-likeness (QED) is 0.736. The molecule has 1 aliphatic heterocycles. The van der Waals surface area contributed by atoms with Gasteiger partial charge in [0.1, 0.15) is 6.54 Å². The molecular weight excluding hydrogens is 239 g/mol. The van der Waals surface area contributed by atoms with Crippen molar-refractivity contribution >= 4 is 5.91 Å². The molecule has 0 saturated carbocycles. The summed E-state index contributed by atoms with van der Waals surface area (Å²) in [5.41, 5.74) is 2.83. The van der Waals surface area contributed by atoms with Crippen LogP contribution in [-0.4, -0.2) is 56.0 Å². The normalized spacial score (nSPS) is 20.0. The van der Waals surface area contributed by atoms with Gasteiger partial charge in [0.15, 0.2) is 0 Å². The van der Waals surface area contributed by atoms with Crippen LogP contribution in [0.1, 0.15) is 6.92 Å². The Morgan fingerprint density at radius 1 is 1.41 bits per heavy atom. The van der Waals surface area contributed by atoms with Gasteiger partial charge in [0.2, 0.25) is 5.91 Å². The molecule has 100 valence electrons. The highest BCUT2D eigenvalue weighted by Gasteiger charge is 2.29. The first-order chi connectivity index (χ1) is 7.88. The molecule has 0 aromatic carbocycles. The Morgan fingerprint density at radius 3 is 2.53 bits per heavy atom. The SMILES string of the molecule is CC(NN1CCOCC1)C(=O)NCC(F)(F)F. The van der Waals surface area contributed by atoms with Crippen LogP contribution in [0.15, 0.2) is 0 Å². The Hall–Kier alpha value is -0.860. The van der Waals surface area contributed by atoms with Gasteiger partial charge in [-0.05, 0) is 6.92 Å². The van der Waals surface area contributed by atoms with E-state index in [9.17, 15) is 18.0 Å². The predicted molar refractivity (Wildman–Crippen MR) is 54.1 cm³/mol. The molecule has 1 fully saturated rings. The van der Waals surface area contributed by atoms with E-state index in [0.717, 1.165) is 0 Å². The fourth-order valence-electron chi connectivity index (χ4n) is 1.37. The zero-order valence-electron chi connectivity index (χ0n) is 9.51. The maximum absolute atomic E-state index is 11.9. The number of hydrogen-bond acceptors (Lipinski definition) is 4. The lowest BCUT2D eigenvalue weighted by Crippen LogP contribution is -2.54. The van der Waals surface area contributed by atoms with Crippen LogP contribution in [0.25, 0.3) is 0 Å². The summed E-state index contributed by atoms with van der Waals surface area (Å²) in [6.45, 7) is 2.52. The molecule has 1 rings (SSSR count). The molecular formula is C9H16F3N3O2. The molecule has 1 aliphatic rings. The van der Waals surface area contributed by atoms with Crippen LogP contribution in [0.2, 0.25) is 0 Å². The van der Waals surface area contributed by atoms with E-state index in [1.54, 1.807) is 5.01 Å². The molecule has 1 amide bonds. The summed E-state index contributed by atoms with van der Waals surface area (Å²) in [5.74, 6) is -0.672. The van der Waals surface area contributed by atoms with Gasteiger partial charge in [-0.2, -0.15) is 13.2 Å². The Kier molecular flexibility index (Phi) is 5.16. The van der Waals surface area contributed by atoms with Gasteiger partial charge < -0.3 is 10.1 Å². The maximum Gasteiger partial charge on any atom is 0.405 e. The van der Waals surface area contributed by atoms with E-state index < -0.39 is 24.7 Å². The fourth-order valence-corrected chi connectivity index (χ4v) is 1.37. The highest BCUT2D eigenvalue weighted by atomic mass is 19.4. The Bertz CT molecular complexity index is 254. The van der Waals surface area contributed by atoms with Crippen molar-refractivity contribution in [3.8, 4) is 0 Å².